The summed E-state index contributed by atoms with van der Waals surface area (Å²) in [6.45, 7) is 18.9. The van der Waals surface area contributed by atoms with Gasteiger partial charge in [0.1, 0.15) is 23.0 Å². The van der Waals surface area contributed by atoms with Crippen molar-refractivity contribution in [1.29, 1.82) is 0 Å². The molecule has 2 nitrogen and oxygen atoms in total. The lowest BCUT2D eigenvalue weighted by Gasteiger charge is -2.36. The second-order valence-electron chi connectivity index (χ2n) is 22.0. The first-order chi connectivity index (χ1) is 32.8. The van der Waals surface area contributed by atoms with Crippen molar-refractivity contribution >= 4 is 32.3 Å². The highest BCUT2D eigenvalue weighted by Gasteiger charge is 2.45. The fraction of sp³-hybridized carbons (Fsp3) is 0.182. The van der Waals surface area contributed by atoms with Crippen LogP contribution in [0.5, 0.6) is 23.0 Å². The summed E-state index contributed by atoms with van der Waals surface area (Å²) in [7, 11) is 0. The van der Waals surface area contributed by atoms with Crippen molar-refractivity contribution in [3.05, 3.63) is 214 Å². The standard InChI is InChI=1S/C66H52O2/c1-63(2)46-21-13-15-23-54(46)67-61-50(63)33-31-48-59(61)43-28-26-38(35-52(43)65(48,5)6)56-41-19-11-12-20-42(41)57(58-40-18-10-9-17-37(40)25-30-45(56)58)39-27-29-44-53(36-39)66(7,8)49-32-34-51-62(60(44)49)68-55-24-16-14-22-47(55)64(51,3)4/h9-36H,1-8H3. The normalized spacial score (nSPS) is 16.6. The molecule has 0 spiro atoms. The lowest BCUT2D eigenvalue weighted by atomic mass is 9.74. The van der Waals surface area contributed by atoms with E-state index in [1.54, 1.807) is 0 Å². The van der Waals surface area contributed by atoms with E-state index in [9.17, 15) is 0 Å². The first-order valence-corrected chi connectivity index (χ1v) is 24.3. The second kappa shape index (κ2) is 13.2. The molecule has 0 radical (unpaired) electrons. The van der Waals surface area contributed by atoms with E-state index in [1.165, 1.54) is 121 Å². The molecule has 0 fully saturated rings. The molecule has 0 amide bonds. The molecular weight excluding hydrogens is 825 g/mol. The summed E-state index contributed by atoms with van der Waals surface area (Å²) in [4.78, 5) is 0. The van der Waals surface area contributed by atoms with Crippen molar-refractivity contribution in [3.63, 3.8) is 0 Å². The molecule has 10 aromatic rings. The second-order valence-corrected chi connectivity index (χ2v) is 22.0. The fourth-order valence-corrected chi connectivity index (χ4v) is 13.3. The molecule has 4 aliphatic rings. The summed E-state index contributed by atoms with van der Waals surface area (Å²) >= 11 is 0. The summed E-state index contributed by atoms with van der Waals surface area (Å²) in [5, 5.41) is 7.56. The van der Waals surface area contributed by atoms with Gasteiger partial charge in [-0.25, -0.2) is 0 Å². The first kappa shape index (κ1) is 39.7. The quantitative estimate of drug-likeness (QED) is 0.127. The topological polar surface area (TPSA) is 18.5 Å². The summed E-state index contributed by atoms with van der Waals surface area (Å²) in [5.74, 6) is 3.90. The van der Waals surface area contributed by atoms with Crippen molar-refractivity contribution in [2.24, 2.45) is 0 Å². The molecular formula is C66H52O2. The number of fused-ring (bicyclic) bond motifs is 16. The van der Waals surface area contributed by atoms with Crippen molar-refractivity contribution in [2.45, 2.75) is 77.0 Å². The average molecular weight is 877 g/mol. The van der Waals surface area contributed by atoms with Crippen LogP contribution in [0.15, 0.2) is 170 Å². The van der Waals surface area contributed by atoms with Gasteiger partial charge in [-0.3, -0.25) is 0 Å². The maximum atomic E-state index is 6.94. The summed E-state index contributed by atoms with van der Waals surface area (Å²) in [6, 6.07) is 63.8. The van der Waals surface area contributed by atoms with Gasteiger partial charge in [-0.15, -0.1) is 0 Å². The molecule has 0 saturated heterocycles. The number of ether oxygens (including phenoxy) is 2. The minimum atomic E-state index is -0.244. The Labute approximate surface area is 398 Å². The largest absolute Gasteiger partial charge is 0.456 e. The van der Waals surface area contributed by atoms with Crippen molar-refractivity contribution < 1.29 is 9.47 Å². The Balaban J connectivity index is 0.983. The molecule has 2 aliphatic carbocycles. The van der Waals surface area contributed by atoms with Gasteiger partial charge < -0.3 is 9.47 Å². The summed E-state index contributed by atoms with van der Waals surface area (Å²) in [5.41, 5.74) is 19.4. The van der Waals surface area contributed by atoms with E-state index in [2.05, 4.69) is 225 Å². The summed E-state index contributed by atoms with van der Waals surface area (Å²) in [6.07, 6.45) is 0. The zero-order valence-corrected chi connectivity index (χ0v) is 40.0. The minimum Gasteiger partial charge on any atom is -0.456 e. The lowest BCUT2D eigenvalue weighted by molar-refractivity contribution is 0.418. The molecule has 68 heavy (non-hydrogen) atoms. The van der Waals surface area contributed by atoms with Gasteiger partial charge in [-0.2, -0.15) is 0 Å². The molecule has 0 N–H and O–H groups in total. The van der Waals surface area contributed by atoms with Crippen LogP contribution in [0.1, 0.15) is 99.9 Å². The predicted octanol–water partition coefficient (Wildman–Crippen LogP) is 18.0. The SMILES string of the molecule is CC1(C)c2ccccc2Oc2c1ccc1c2-c2ccc(-c3c4ccccc4c(-c4ccc5c(c4)C(C)(C)c4ccc6c(c4-5)Oc4ccccc4C6(C)C)c4c3ccc3ccccc34)cc2C1(C)C. The van der Waals surface area contributed by atoms with E-state index in [-0.39, 0.29) is 21.7 Å². The number of rotatable bonds is 2. The molecule has 2 heteroatoms. The Morgan fingerprint density at radius 3 is 1.26 bits per heavy atom. The number of benzene rings is 10. The van der Waals surface area contributed by atoms with Crippen LogP contribution < -0.4 is 9.47 Å². The monoisotopic (exact) mass is 876 g/mol. The lowest BCUT2D eigenvalue weighted by Crippen LogP contribution is -2.25. The van der Waals surface area contributed by atoms with E-state index >= 15 is 0 Å². The highest BCUT2D eigenvalue weighted by Crippen LogP contribution is 2.62. The third-order valence-electron chi connectivity index (χ3n) is 17.0. The predicted molar refractivity (Wildman–Crippen MR) is 282 cm³/mol. The molecule has 0 bridgehead atoms. The van der Waals surface area contributed by atoms with Gasteiger partial charge in [-0.05, 0) is 112 Å². The van der Waals surface area contributed by atoms with Gasteiger partial charge in [0.05, 0.1) is 0 Å². The number of para-hydroxylation sites is 2. The van der Waals surface area contributed by atoms with Crippen LogP contribution in [0.3, 0.4) is 0 Å². The Morgan fingerprint density at radius 2 is 0.721 bits per heavy atom. The van der Waals surface area contributed by atoms with Crippen molar-refractivity contribution in [3.8, 4) is 67.5 Å². The zero-order valence-electron chi connectivity index (χ0n) is 40.0. The smallest absolute Gasteiger partial charge is 0.139 e. The molecule has 2 aliphatic heterocycles. The van der Waals surface area contributed by atoms with E-state index in [0.717, 1.165) is 23.0 Å². The molecule has 0 atom stereocenters. The minimum absolute atomic E-state index is 0.190. The third-order valence-corrected chi connectivity index (χ3v) is 17.0. The van der Waals surface area contributed by atoms with Gasteiger partial charge in [0.2, 0.25) is 0 Å². The van der Waals surface area contributed by atoms with Gasteiger partial charge in [0.15, 0.2) is 0 Å². The fourth-order valence-electron chi connectivity index (χ4n) is 13.3. The Morgan fingerprint density at radius 1 is 0.294 bits per heavy atom. The molecule has 0 unspecified atom stereocenters. The molecule has 14 rings (SSSR count). The van der Waals surface area contributed by atoms with Crippen LogP contribution in [0, 0.1) is 0 Å². The van der Waals surface area contributed by atoms with E-state index in [1.807, 2.05) is 0 Å². The zero-order chi connectivity index (χ0) is 46.2. The Kier molecular flexibility index (Phi) is 7.69. The average Bonchev–Trinajstić information content (AvgIpc) is 3.72. The molecule has 328 valence electrons. The molecule has 10 aromatic carbocycles. The molecule has 2 heterocycles. The van der Waals surface area contributed by atoms with Crippen molar-refractivity contribution in [2.75, 3.05) is 0 Å². The third kappa shape index (κ3) is 4.98. The summed E-state index contributed by atoms with van der Waals surface area (Å²) < 4.78 is 13.9. The maximum Gasteiger partial charge on any atom is 0.139 e. The van der Waals surface area contributed by atoms with Crippen molar-refractivity contribution in [1.82, 2.24) is 0 Å². The molecule has 0 aromatic heterocycles. The Bertz CT molecular complexity index is 3910. The Hall–Kier alpha value is -7.42. The number of hydrogen-bond acceptors (Lipinski definition) is 2. The number of hydrogen-bond donors (Lipinski definition) is 0. The van der Waals surface area contributed by atoms with Gasteiger partial charge >= 0.3 is 0 Å². The van der Waals surface area contributed by atoms with E-state index < -0.39 is 0 Å². The van der Waals surface area contributed by atoms with Crippen LogP contribution in [0.4, 0.5) is 0 Å². The van der Waals surface area contributed by atoms with Crippen LogP contribution in [0.2, 0.25) is 0 Å². The van der Waals surface area contributed by atoms with Crippen LogP contribution in [-0.2, 0) is 21.7 Å². The van der Waals surface area contributed by atoms with E-state index in [4.69, 9.17) is 9.47 Å². The molecule has 0 saturated carbocycles. The highest BCUT2D eigenvalue weighted by molar-refractivity contribution is 6.28. The van der Waals surface area contributed by atoms with Gasteiger partial charge in [0, 0.05) is 55.0 Å². The van der Waals surface area contributed by atoms with Crippen LogP contribution in [-0.4, -0.2) is 0 Å². The van der Waals surface area contributed by atoms with E-state index in [0.29, 0.717) is 0 Å². The van der Waals surface area contributed by atoms with Crippen LogP contribution >= 0.6 is 0 Å². The van der Waals surface area contributed by atoms with Gasteiger partial charge in [0.25, 0.3) is 0 Å². The highest BCUT2D eigenvalue weighted by atomic mass is 16.5. The maximum absolute atomic E-state index is 6.94. The van der Waals surface area contributed by atoms with Gasteiger partial charge in [-0.1, -0.05) is 201 Å². The van der Waals surface area contributed by atoms with Crippen LogP contribution in [0.25, 0.3) is 76.8 Å². The first-order valence-electron chi connectivity index (χ1n) is 24.3.